The zero-order chi connectivity index (χ0) is 24.8. The van der Waals surface area contributed by atoms with E-state index in [1.54, 1.807) is 0 Å². The molecule has 0 amide bonds. The van der Waals surface area contributed by atoms with E-state index in [4.69, 9.17) is 10.2 Å². The quantitative estimate of drug-likeness (QED) is 0.285. The predicted molar refractivity (Wildman–Crippen MR) is 110 cm³/mol. The molecule has 33 heavy (non-hydrogen) atoms. The summed E-state index contributed by atoms with van der Waals surface area (Å²) in [6.45, 7) is 0. The molecular weight excluding hydrogens is 468 g/mol. The molecule has 172 valence electrons. The van der Waals surface area contributed by atoms with Gasteiger partial charge < -0.3 is 18.6 Å². The van der Waals surface area contributed by atoms with E-state index in [1.165, 1.54) is 0 Å². The highest BCUT2D eigenvalue weighted by Gasteiger charge is 2.27. The van der Waals surface area contributed by atoms with Crippen molar-refractivity contribution in [2.24, 2.45) is 0 Å². The smallest absolute Gasteiger partial charge is 0.478 e. The second kappa shape index (κ2) is 10.0. The van der Waals surface area contributed by atoms with Gasteiger partial charge in [0.2, 0.25) is 11.5 Å². The molecule has 15 heteroatoms. The minimum absolute atomic E-state index is 0.0278. The molecule has 2 N–H and O–H groups in total. The minimum Gasteiger partial charge on any atom is -0.478 e. The normalized spacial score (nSPS) is 11.4. The molecule has 0 aliphatic heterocycles. The van der Waals surface area contributed by atoms with Gasteiger partial charge in [0, 0.05) is 24.3 Å². The van der Waals surface area contributed by atoms with E-state index in [0.29, 0.717) is 12.2 Å². The van der Waals surface area contributed by atoms with Gasteiger partial charge in [-0.1, -0.05) is 0 Å². The molecule has 0 atom stereocenters. The number of aliphatic carboxylic acids is 2. The van der Waals surface area contributed by atoms with Crippen molar-refractivity contribution in [1.82, 2.24) is 0 Å². The van der Waals surface area contributed by atoms with Crippen molar-refractivity contribution in [3.63, 3.8) is 0 Å². The molecule has 0 aliphatic rings. The van der Waals surface area contributed by atoms with Crippen LogP contribution in [0, 0.1) is 20.2 Å². The van der Waals surface area contributed by atoms with Gasteiger partial charge in [-0.05, 0) is 47.5 Å². The number of hydrogen-bond donors (Lipinski definition) is 2. The largest absolute Gasteiger partial charge is 0.501 e. The Morgan fingerprint density at radius 2 is 1.15 bits per heavy atom. The average molecular weight is 480 g/mol. The number of nitro groups is 2. The number of rotatable bonds is 10. The number of carboxylic acid groups (broad SMARTS) is 2. The Labute approximate surface area is 184 Å². The van der Waals surface area contributed by atoms with E-state index in [1.807, 2.05) is 0 Å². The highest BCUT2D eigenvalue weighted by atomic mass is 32.3. The molecule has 2 rings (SSSR count). The molecule has 2 aromatic rings. The third-order valence-electron chi connectivity index (χ3n) is 3.58. The van der Waals surface area contributed by atoms with Gasteiger partial charge in [0.05, 0.1) is 9.85 Å². The van der Waals surface area contributed by atoms with Crippen molar-refractivity contribution in [1.29, 1.82) is 0 Å². The van der Waals surface area contributed by atoms with Gasteiger partial charge in [-0.15, -0.1) is 8.42 Å². The second-order valence-corrected chi connectivity index (χ2v) is 7.04. The molecular formula is C18H12N2O12S. The molecule has 0 unspecified atom stereocenters. The molecule has 0 heterocycles. The Kier molecular flexibility index (Phi) is 7.43. The SMILES string of the molecule is O=C(O)/C=C/c1ccc([N+](=O)[O-])c(OS(=O)(=O)Oc2cc(/C=C/C(=O)O)ccc2[N+](=O)[O-])c1. The van der Waals surface area contributed by atoms with Gasteiger partial charge in [-0.25, -0.2) is 9.59 Å². The van der Waals surface area contributed by atoms with Crippen molar-refractivity contribution in [3.05, 3.63) is 79.9 Å². The Balaban J connectivity index is 2.45. The summed E-state index contributed by atoms with van der Waals surface area (Å²) in [4.78, 5) is 41.7. The Bertz CT molecular complexity index is 1200. The summed E-state index contributed by atoms with van der Waals surface area (Å²) >= 11 is 0. The van der Waals surface area contributed by atoms with E-state index in [9.17, 15) is 38.2 Å². The van der Waals surface area contributed by atoms with Crippen LogP contribution in [0.2, 0.25) is 0 Å². The van der Waals surface area contributed by atoms with E-state index < -0.39 is 55.1 Å². The summed E-state index contributed by atoms with van der Waals surface area (Å²) in [5.41, 5.74) is -1.58. The number of carboxylic acids is 2. The highest BCUT2D eigenvalue weighted by Crippen LogP contribution is 2.33. The van der Waals surface area contributed by atoms with Crippen molar-refractivity contribution >= 4 is 45.9 Å². The summed E-state index contributed by atoms with van der Waals surface area (Å²) in [5.74, 6) is -4.37. The molecule has 0 bridgehead atoms. The molecule has 0 radical (unpaired) electrons. The van der Waals surface area contributed by atoms with Gasteiger partial charge >= 0.3 is 33.7 Å². The van der Waals surface area contributed by atoms with Crippen LogP contribution in [0.25, 0.3) is 12.2 Å². The van der Waals surface area contributed by atoms with Crippen molar-refractivity contribution in [2.45, 2.75) is 0 Å². The second-order valence-electron chi connectivity index (χ2n) is 5.89. The first-order chi connectivity index (χ1) is 15.4. The third kappa shape index (κ3) is 7.14. The predicted octanol–water partition coefficient (Wildman–Crippen LogP) is 2.40. The van der Waals surface area contributed by atoms with Gasteiger partial charge in [-0.2, -0.15) is 0 Å². The van der Waals surface area contributed by atoms with E-state index in [-0.39, 0.29) is 11.1 Å². The van der Waals surface area contributed by atoms with Crippen molar-refractivity contribution < 1.29 is 46.4 Å². The Morgan fingerprint density at radius 3 is 1.45 bits per heavy atom. The van der Waals surface area contributed by atoms with Crippen LogP contribution in [0.5, 0.6) is 11.5 Å². The molecule has 0 aromatic heterocycles. The fraction of sp³-hybridized carbons (Fsp3) is 0. The summed E-state index contributed by atoms with van der Waals surface area (Å²) < 4.78 is 33.9. The fourth-order valence-corrected chi connectivity index (χ4v) is 3.02. The number of benzene rings is 2. The van der Waals surface area contributed by atoms with E-state index in [0.717, 1.165) is 48.6 Å². The minimum atomic E-state index is -5.19. The number of nitrogens with zero attached hydrogens (tertiary/aromatic N) is 2. The van der Waals surface area contributed by atoms with Crippen LogP contribution >= 0.6 is 0 Å². The molecule has 0 spiro atoms. The van der Waals surface area contributed by atoms with Crippen LogP contribution in [0.4, 0.5) is 11.4 Å². The maximum Gasteiger partial charge on any atom is 0.501 e. The number of hydrogen-bond acceptors (Lipinski definition) is 10. The summed E-state index contributed by atoms with van der Waals surface area (Å²) in [6, 6.07) is 5.65. The molecule has 0 saturated carbocycles. The standard InChI is InChI=1S/C18H12N2O12S/c21-17(22)7-3-11-1-5-13(19(25)26)15(9-11)31-33(29,30)32-16-10-12(4-8-18(23)24)2-6-14(16)20(27)28/h1-10H,(H,21,22)(H,23,24)/b7-3+,8-4+. The number of carbonyl (C=O) groups is 2. The molecule has 2 aromatic carbocycles. The summed E-state index contributed by atoms with van der Waals surface area (Å²) in [7, 11) is -5.19. The number of nitro benzene ring substituents is 2. The summed E-state index contributed by atoms with van der Waals surface area (Å²) in [5, 5.41) is 39.7. The monoisotopic (exact) mass is 480 g/mol. The lowest BCUT2D eigenvalue weighted by Gasteiger charge is -2.09. The Morgan fingerprint density at radius 1 is 0.788 bits per heavy atom. The lowest BCUT2D eigenvalue weighted by molar-refractivity contribution is -0.385. The topological polar surface area (TPSA) is 213 Å². The van der Waals surface area contributed by atoms with Gasteiger partial charge in [-0.3, -0.25) is 20.2 Å². The molecule has 0 aliphatic carbocycles. The first-order valence-electron chi connectivity index (χ1n) is 8.41. The van der Waals surface area contributed by atoms with Crippen LogP contribution in [-0.4, -0.2) is 40.4 Å². The third-order valence-corrected chi connectivity index (χ3v) is 4.35. The highest BCUT2D eigenvalue weighted by molar-refractivity contribution is 7.82. The van der Waals surface area contributed by atoms with E-state index >= 15 is 0 Å². The van der Waals surface area contributed by atoms with Gasteiger partial charge in [0.1, 0.15) is 0 Å². The van der Waals surface area contributed by atoms with Crippen LogP contribution in [0.1, 0.15) is 11.1 Å². The fourth-order valence-electron chi connectivity index (χ4n) is 2.28. The van der Waals surface area contributed by atoms with Crippen molar-refractivity contribution in [3.8, 4) is 11.5 Å². The first kappa shape index (κ1) is 24.5. The lowest BCUT2D eigenvalue weighted by Crippen LogP contribution is -2.18. The van der Waals surface area contributed by atoms with Crippen LogP contribution in [-0.2, 0) is 20.0 Å². The lowest BCUT2D eigenvalue weighted by atomic mass is 10.2. The maximum absolute atomic E-state index is 12.4. The van der Waals surface area contributed by atoms with Crippen LogP contribution < -0.4 is 8.37 Å². The van der Waals surface area contributed by atoms with E-state index in [2.05, 4.69) is 8.37 Å². The van der Waals surface area contributed by atoms with Crippen molar-refractivity contribution in [2.75, 3.05) is 0 Å². The first-order valence-corrected chi connectivity index (χ1v) is 9.74. The van der Waals surface area contributed by atoms with Gasteiger partial charge in [0.15, 0.2) is 0 Å². The molecule has 0 saturated heterocycles. The zero-order valence-corrected chi connectivity index (χ0v) is 16.9. The van der Waals surface area contributed by atoms with Crippen LogP contribution in [0.3, 0.4) is 0 Å². The van der Waals surface area contributed by atoms with Crippen LogP contribution in [0.15, 0.2) is 48.6 Å². The summed E-state index contributed by atoms with van der Waals surface area (Å²) in [6.07, 6.45) is 3.40. The average Bonchev–Trinajstić information content (AvgIpc) is 2.69. The maximum atomic E-state index is 12.4. The molecule has 0 fully saturated rings. The Hall–Kier alpha value is -4.79. The zero-order valence-electron chi connectivity index (χ0n) is 16.1. The van der Waals surface area contributed by atoms with Gasteiger partial charge in [0.25, 0.3) is 0 Å². The molecule has 14 nitrogen and oxygen atoms in total.